The van der Waals surface area contributed by atoms with E-state index in [2.05, 4.69) is 19.2 Å². The number of hydrogen-bond acceptors (Lipinski definition) is 2. The van der Waals surface area contributed by atoms with Crippen LogP contribution in [-0.2, 0) is 4.79 Å². The number of nitrogens with one attached hydrogen (secondary N) is 1. The third-order valence-corrected chi connectivity index (χ3v) is 3.31. The van der Waals surface area contributed by atoms with Crippen LogP contribution in [0.15, 0.2) is 24.3 Å². The summed E-state index contributed by atoms with van der Waals surface area (Å²) < 4.78 is 18.0. The van der Waals surface area contributed by atoms with Gasteiger partial charge in [-0.05, 0) is 36.6 Å². The van der Waals surface area contributed by atoms with Crippen molar-refractivity contribution in [3.8, 4) is 5.75 Å². The Labute approximate surface area is 120 Å². The van der Waals surface area contributed by atoms with Crippen LogP contribution in [0.4, 0.5) is 4.39 Å². The number of hydrogen-bond donors (Lipinski definition) is 1. The molecule has 112 valence electrons. The summed E-state index contributed by atoms with van der Waals surface area (Å²) in [7, 11) is 0. The van der Waals surface area contributed by atoms with Crippen LogP contribution in [0.25, 0.3) is 0 Å². The fourth-order valence-corrected chi connectivity index (χ4v) is 1.93. The molecule has 0 aromatic heterocycles. The highest BCUT2D eigenvalue weighted by atomic mass is 19.1. The standard InChI is InChI=1S/C16H24FNO2/c1-3-5-6-13(4-2)11-18-16(19)12-20-15-9-7-14(17)8-10-15/h7-10,13H,3-6,11-12H2,1-2H3,(H,18,19)/t13-/m1/s1. The van der Waals surface area contributed by atoms with Crippen molar-refractivity contribution in [3.05, 3.63) is 30.1 Å². The molecule has 1 aromatic rings. The van der Waals surface area contributed by atoms with E-state index in [0.717, 1.165) is 12.8 Å². The largest absolute Gasteiger partial charge is 0.484 e. The predicted molar refractivity (Wildman–Crippen MR) is 78.2 cm³/mol. The number of carbonyl (C=O) groups excluding carboxylic acids is 1. The van der Waals surface area contributed by atoms with E-state index in [9.17, 15) is 9.18 Å². The molecule has 0 aliphatic rings. The Kier molecular flexibility index (Phi) is 7.70. The van der Waals surface area contributed by atoms with Gasteiger partial charge in [-0.1, -0.05) is 33.1 Å². The first-order chi connectivity index (χ1) is 9.65. The van der Waals surface area contributed by atoms with E-state index in [1.807, 2.05) is 0 Å². The molecule has 0 aliphatic heterocycles. The number of ether oxygens (including phenoxy) is 1. The Bertz CT molecular complexity index is 392. The SMILES string of the molecule is CCCC[C@@H](CC)CNC(=O)COc1ccc(F)cc1. The first-order valence-electron chi connectivity index (χ1n) is 7.30. The topological polar surface area (TPSA) is 38.3 Å². The lowest BCUT2D eigenvalue weighted by Crippen LogP contribution is -2.33. The lowest BCUT2D eigenvalue weighted by molar-refractivity contribution is -0.123. The summed E-state index contributed by atoms with van der Waals surface area (Å²) in [6.07, 6.45) is 4.59. The van der Waals surface area contributed by atoms with Gasteiger partial charge in [0.1, 0.15) is 11.6 Å². The second-order valence-corrected chi connectivity index (χ2v) is 4.96. The third-order valence-electron chi connectivity index (χ3n) is 3.31. The molecule has 1 N–H and O–H groups in total. The summed E-state index contributed by atoms with van der Waals surface area (Å²) in [6, 6.07) is 5.65. The average molecular weight is 281 g/mol. The smallest absolute Gasteiger partial charge is 0.257 e. The summed E-state index contributed by atoms with van der Waals surface area (Å²) in [5.41, 5.74) is 0. The quantitative estimate of drug-likeness (QED) is 0.752. The fourth-order valence-electron chi connectivity index (χ4n) is 1.93. The monoisotopic (exact) mass is 281 g/mol. The molecule has 20 heavy (non-hydrogen) atoms. The minimum absolute atomic E-state index is 0.0319. The molecule has 4 heteroatoms. The van der Waals surface area contributed by atoms with Gasteiger partial charge in [-0.25, -0.2) is 4.39 Å². The van der Waals surface area contributed by atoms with E-state index in [1.54, 1.807) is 0 Å². The maximum absolute atomic E-state index is 12.7. The molecule has 0 saturated heterocycles. The number of rotatable bonds is 9. The van der Waals surface area contributed by atoms with Gasteiger partial charge in [0, 0.05) is 6.54 Å². The predicted octanol–water partition coefficient (Wildman–Crippen LogP) is 3.54. The van der Waals surface area contributed by atoms with Gasteiger partial charge < -0.3 is 10.1 Å². The maximum Gasteiger partial charge on any atom is 0.257 e. The molecule has 0 bridgehead atoms. The number of amides is 1. The molecule has 0 aliphatic carbocycles. The second-order valence-electron chi connectivity index (χ2n) is 4.96. The third kappa shape index (κ3) is 6.55. The fraction of sp³-hybridized carbons (Fsp3) is 0.562. The van der Waals surface area contributed by atoms with Gasteiger partial charge in [-0.3, -0.25) is 4.79 Å². The average Bonchev–Trinajstić information content (AvgIpc) is 2.47. The minimum Gasteiger partial charge on any atom is -0.484 e. The summed E-state index contributed by atoms with van der Waals surface area (Å²) >= 11 is 0. The summed E-state index contributed by atoms with van der Waals surface area (Å²) in [5.74, 6) is 0.581. The first kappa shape index (κ1) is 16.5. The zero-order chi connectivity index (χ0) is 14.8. The molecule has 0 spiro atoms. The van der Waals surface area contributed by atoms with Gasteiger partial charge in [-0.2, -0.15) is 0 Å². The number of carbonyl (C=O) groups is 1. The Balaban J connectivity index is 2.24. The van der Waals surface area contributed by atoms with Crippen molar-refractivity contribution < 1.29 is 13.9 Å². The van der Waals surface area contributed by atoms with Crippen molar-refractivity contribution in [3.63, 3.8) is 0 Å². The number of unbranched alkanes of at least 4 members (excludes halogenated alkanes) is 1. The molecule has 3 nitrogen and oxygen atoms in total. The van der Waals surface area contributed by atoms with Gasteiger partial charge in [0.15, 0.2) is 6.61 Å². The van der Waals surface area contributed by atoms with Gasteiger partial charge in [-0.15, -0.1) is 0 Å². The van der Waals surface area contributed by atoms with Crippen LogP contribution in [0.3, 0.4) is 0 Å². The van der Waals surface area contributed by atoms with E-state index in [4.69, 9.17) is 4.74 Å². The van der Waals surface area contributed by atoms with E-state index in [1.165, 1.54) is 37.1 Å². The second kappa shape index (κ2) is 9.34. The van der Waals surface area contributed by atoms with Crippen molar-refractivity contribution >= 4 is 5.91 Å². The molecular weight excluding hydrogens is 257 g/mol. The molecule has 1 amide bonds. The van der Waals surface area contributed by atoms with E-state index >= 15 is 0 Å². The van der Waals surface area contributed by atoms with Crippen LogP contribution in [-0.4, -0.2) is 19.1 Å². The van der Waals surface area contributed by atoms with Crippen molar-refractivity contribution in [1.29, 1.82) is 0 Å². The lowest BCUT2D eigenvalue weighted by Gasteiger charge is -2.15. The molecule has 1 aromatic carbocycles. The molecule has 0 fully saturated rings. The van der Waals surface area contributed by atoms with Crippen LogP contribution in [0.5, 0.6) is 5.75 Å². The normalized spacial score (nSPS) is 11.9. The lowest BCUT2D eigenvalue weighted by atomic mass is 9.99. The van der Waals surface area contributed by atoms with Gasteiger partial charge >= 0.3 is 0 Å². The Morgan fingerprint density at radius 1 is 1.30 bits per heavy atom. The molecule has 0 unspecified atom stereocenters. The maximum atomic E-state index is 12.7. The molecular formula is C16H24FNO2. The van der Waals surface area contributed by atoms with Crippen LogP contribution < -0.4 is 10.1 Å². The zero-order valence-electron chi connectivity index (χ0n) is 12.3. The van der Waals surface area contributed by atoms with Crippen molar-refractivity contribution in [2.24, 2.45) is 5.92 Å². The zero-order valence-corrected chi connectivity index (χ0v) is 12.3. The number of halogens is 1. The van der Waals surface area contributed by atoms with Crippen LogP contribution in [0.2, 0.25) is 0 Å². The molecule has 1 rings (SSSR count). The molecule has 0 heterocycles. The van der Waals surface area contributed by atoms with Crippen molar-refractivity contribution in [2.45, 2.75) is 39.5 Å². The van der Waals surface area contributed by atoms with Crippen molar-refractivity contribution in [2.75, 3.05) is 13.2 Å². The number of benzene rings is 1. The van der Waals surface area contributed by atoms with Crippen molar-refractivity contribution in [1.82, 2.24) is 5.32 Å². The molecule has 1 atom stereocenters. The summed E-state index contributed by atoms with van der Waals surface area (Å²) in [4.78, 5) is 11.7. The summed E-state index contributed by atoms with van der Waals surface area (Å²) in [6.45, 7) is 4.97. The van der Waals surface area contributed by atoms with E-state index in [0.29, 0.717) is 18.2 Å². The van der Waals surface area contributed by atoms with Crippen LogP contribution in [0.1, 0.15) is 39.5 Å². The van der Waals surface area contributed by atoms with Crippen LogP contribution in [0, 0.1) is 11.7 Å². The van der Waals surface area contributed by atoms with Crippen LogP contribution >= 0.6 is 0 Å². The Morgan fingerprint density at radius 2 is 2.00 bits per heavy atom. The van der Waals surface area contributed by atoms with Gasteiger partial charge in [0.2, 0.25) is 0 Å². The highest BCUT2D eigenvalue weighted by molar-refractivity contribution is 5.77. The van der Waals surface area contributed by atoms with Gasteiger partial charge in [0.25, 0.3) is 5.91 Å². The minimum atomic E-state index is -0.316. The van der Waals surface area contributed by atoms with Gasteiger partial charge in [0.05, 0.1) is 0 Å². The Morgan fingerprint density at radius 3 is 2.60 bits per heavy atom. The van der Waals surface area contributed by atoms with E-state index < -0.39 is 0 Å². The highest BCUT2D eigenvalue weighted by Crippen LogP contribution is 2.12. The molecule has 0 saturated carbocycles. The first-order valence-corrected chi connectivity index (χ1v) is 7.30. The summed E-state index contributed by atoms with van der Waals surface area (Å²) in [5, 5.41) is 2.89. The Hall–Kier alpha value is -1.58. The highest BCUT2D eigenvalue weighted by Gasteiger charge is 2.08. The molecule has 0 radical (unpaired) electrons. The van der Waals surface area contributed by atoms with E-state index in [-0.39, 0.29) is 18.3 Å².